The Morgan fingerprint density at radius 2 is 1.96 bits per heavy atom. The molecule has 0 atom stereocenters. The van der Waals surface area contributed by atoms with Crippen molar-refractivity contribution in [1.82, 2.24) is 10.2 Å². The molecule has 2 rings (SSSR count). The first kappa shape index (κ1) is 22.0. The van der Waals surface area contributed by atoms with Gasteiger partial charge in [0.25, 0.3) is 0 Å². The largest absolute Gasteiger partial charge is 0.378 e. The van der Waals surface area contributed by atoms with Crippen LogP contribution < -0.4 is 5.32 Å². The molecule has 2 aliphatic rings. The molecule has 1 N–H and O–H groups in total. The lowest BCUT2D eigenvalue weighted by atomic mass is 9.86. The number of sulfone groups is 1. The Kier molecular flexibility index (Phi) is 9.29. The number of halogens is 1. The van der Waals surface area contributed by atoms with Crippen molar-refractivity contribution < 1.29 is 13.2 Å². The molecule has 0 aromatic rings. The van der Waals surface area contributed by atoms with Crippen molar-refractivity contribution >= 4 is 39.8 Å². The van der Waals surface area contributed by atoms with Crippen LogP contribution in [0.25, 0.3) is 0 Å². The maximum absolute atomic E-state index is 11.0. The third kappa shape index (κ3) is 7.03. The smallest absolute Gasteiger partial charge is 0.194 e. The number of hydrogen-bond acceptors (Lipinski definition) is 4. The van der Waals surface area contributed by atoms with Gasteiger partial charge in [-0.2, -0.15) is 0 Å². The van der Waals surface area contributed by atoms with Crippen LogP contribution in [0.3, 0.4) is 0 Å². The molecule has 142 valence electrons. The predicted octanol–water partition coefficient (Wildman–Crippen LogP) is 1.90. The average Bonchev–Trinajstić information content (AvgIpc) is 3.11. The van der Waals surface area contributed by atoms with Gasteiger partial charge in [-0.3, -0.25) is 4.99 Å². The van der Waals surface area contributed by atoms with Crippen LogP contribution in [0.4, 0.5) is 0 Å². The molecular weight excluding hydrogens is 441 g/mol. The SMILES string of the molecule is CCNC(=NCCOCCS(C)(=O)=O)N1CCC2(CCCC2)C1.I. The molecule has 1 spiro atoms. The lowest BCUT2D eigenvalue weighted by Gasteiger charge is -2.25. The molecule has 0 aromatic heterocycles. The van der Waals surface area contributed by atoms with Crippen LogP contribution in [0.2, 0.25) is 0 Å². The Labute approximate surface area is 163 Å². The van der Waals surface area contributed by atoms with Gasteiger partial charge in [0.05, 0.1) is 25.5 Å². The Morgan fingerprint density at radius 3 is 2.58 bits per heavy atom. The van der Waals surface area contributed by atoms with E-state index in [1.807, 2.05) is 0 Å². The van der Waals surface area contributed by atoms with Gasteiger partial charge in [-0.05, 0) is 31.6 Å². The van der Waals surface area contributed by atoms with Crippen LogP contribution in [0, 0.1) is 5.41 Å². The van der Waals surface area contributed by atoms with Crippen molar-refractivity contribution in [2.75, 3.05) is 51.4 Å². The van der Waals surface area contributed by atoms with Gasteiger partial charge in [0.1, 0.15) is 9.84 Å². The fraction of sp³-hybridized carbons (Fsp3) is 0.938. The third-order valence-corrected chi connectivity index (χ3v) is 5.74. The highest BCUT2D eigenvalue weighted by Gasteiger charge is 2.41. The number of aliphatic imine (C=N–C) groups is 1. The van der Waals surface area contributed by atoms with Gasteiger partial charge in [-0.15, -0.1) is 24.0 Å². The van der Waals surface area contributed by atoms with E-state index in [9.17, 15) is 8.42 Å². The van der Waals surface area contributed by atoms with Gasteiger partial charge in [-0.1, -0.05) is 12.8 Å². The van der Waals surface area contributed by atoms with Gasteiger partial charge in [0.15, 0.2) is 5.96 Å². The van der Waals surface area contributed by atoms with E-state index in [1.54, 1.807) is 0 Å². The molecule has 0 unspecified atom stereocenters. The van der Waals surface area contributed by atoms with E-state index in [4.69, 9.17) is 4.74 Å². The summed E-state index contributed by atoms with van der Waals surface area (Å²) in [5.41, 5.74) is 0.530. The summed E-state index contributed by atoms with van der Waals surface area (Å²) in [4.78, 5) is 7.02. The monoisotopic (exact) mass is 473 g/mol. The summed E-state index contributed by atoms with van der Waals surface area (Å²) in [6.45, 7) is 6.42. The van der Waals surface area contributed by atoms with E-state index in [0.717, 1.165) is 25.6 Å². The fourth-order valence-corrected chi connectivity index (χ4v) is 4.02. The number of nitrogens with zero attached hydrogens (tertiary/aromatic N) is 2. The Balaban J connectivity index is 0.00000288. The second-order valence-electron chi connectivity index (χ2n) is 6.86. The first-order valence-electron chi connectivity index (χ1n) is 8.73. The van der Waals surface area contributed by atoms with Gasteiger partial charge in [-0.25, -0.2) is 8.42 Å². The number of hydrogen-bond donors (Lipinski definition) is 1. The normalized spacial score (nSPS) is 20.4. The minimum atomic E-state index is -2.94. The molecule has 6 nitrogen and oxygen atoms in total. The topological polar surface area (TPSA) is 71.0 Å². The van der Waals surface area contributed by atoms with Crippen LogP contribution in [-0.4, -0.2) is 70.7 Å². The number of ether oxygens (including phenoxy) is 1. The molecule has 1 saturated carbocycles. The summed E-state index contributed by atoms with van der Waals surface area (Å²) in [7, 11) is -2.94. The summed E-state index contributed by atoms with van der Waals surface area (Å²) >= 11 is 0. The molecule has 24 heavy (non-hydrogen) atoms. The molecule has 0 radical (unpaired) electrons. The first-order valence-corrected chi connectivity index (χ1v) is 10.8. The minimum Gasteiger partial charge on any atom is -0.378 e. The van der Waals surface area contributed by atoms with Crippen LogP contribution >= 0.6 is 24.0 Å². The zero-order valence-electron chi connectivity index (χ0n) is 14.9. The lowest BCUT2D eigenvalue weighted by Crippen LogP contribution is -2.41. The van der Waals surface area contributed by atoms with E-state index < -0.39 is 9.84 Å². The third-order valence-electron chi connectivity index (χ3n) is 4.83. The van der Waals surface area contributed by atoms with E-state index in [1.165, 1.54) is 38.4 Å². The van der Waals surface area contributed by atoms with Crippen molar-refractivity contribution in [3.05, 3.63) is 0 Å². The highest BCUT2D eigenvalue weighted by atomic mass is 127. The van der Waals surface area contributed by atoms with Crippen LogP contribution in [-0.2, 0) is 14.6 Å². The summed E-state index contributed by atoms with van der Waals surface area (Å²) in [5, 5.41) is 3.37. The maximum atomic E-state index is 11.0. The molecule has 1 saturated heterocycles. The van der Waals surface area contributed by atoms with Crippen molar-refractivity contribution in [1.29, 1.82) is 0 Å². The number of guanidine groups is 1. The second kappa shape index (κ2) is 10.2. The molecule has 1 aliphatic carbocycles. The van der Waals surface area contributed by atoms with Crippen LogP contribution in [0.1, 0.15) is 39.0 Å². The molecule has 0 aromatic carbocycles. The van der Waals surface area contributed by atoms with Crippen molar-refractivity contribution in [2.24, 2.45) is 10.4 Å². The summed E-state index contributed by atoms with van der Waals surface area (Å²) in [5.74, 6) is 1.05. The highest BCUT2D eigenvalue weighted by molar-refractivity contribution is 14.0. The summed E-state index contributed by atoms with van der Waals surface area (Å²) in [6.07, 6.45) is 7.96. The lowest BCUT2D eigenvalue weighted by molar-refractivity contribution is 0.157. The standard InChI is InChI=1S/C16H31N3O3S.HI/c1-3-17-15(18-9-11-22-12-13-23(2,20)21)19-10-8-16(14-19)6-4-5-7-16;/h3-14H2,1-2H3,(H,17,18);1H. The van der Waals surface area contributed by atoms with Crippen molar-refractivity contribution in [2.45, 2.75) is 39.0 Å². The highest BCUT2D eigenvalue weighted by Crippen LogP contribution is 2.45. The predicted molar refractivity (Wildman–Crippen MR) is 109 cm³/mol. The summed E-state index contributed by atoms with van der Waals surface area (Å²) in [6, 6.07) is 0. The fourth-order valence-electron chi connectivity index (χ4n) is 3.60. The number of nitrogens with one attached hydrogen (secondary N) is 1. The van der Waals surface area contributed by atoms with Gasteiger partial charge < -0.3 is 15.0 Å². The van der Waals surface area contributed by atoms with E-state index in [-0.39, 0.29) is 36.3 Å². The van der Waals surface area contributed by atoms with E-state index >= 15 is 0 Å². The minimum absolute atomic E-state index is 0. The average molecular weight is 473 g/mol. The number of rotatable bonds is 7. The molecule has 8 heteroatoms. The summed E-state index contributed by atoms with van der Waals surface area (Å²) < 4.78 is 27.4. The zero-order valence-corrected chi connectivity index (χ0v) is 18.1. The number of likely N-dealkylation sites (tertiary alicyclic amines) is 1. The van der Waals surface area contributed by atoms with Crippen LogP contribution in [0.5, 0.6) is 0 Å². The Morgan fingerprint density at radius 1 is 1.25 bits per heavy atom. The van der Waals surface area contributed by atoms with Crippen molar-refractivity contribution in [3.63, 3.8) is 0 Å². The second-order valence-corrected chi connectivity index (χ2v) is 9.12. The quantitative estimate of drug-likeness (QED) is 0.265. The van der Waals surface area contributed by atoms with Crippen molar-refractivity contribution in [3.8, 4) is 0 Å². The van der Waals surface area contributed by atoms with Gasteiger partial charge in [0, 0.05) is 25.9 Å². The Hall–Kier alpha value is -0.0900. The maximum Gasteiger partial charge on any atom is 0.194 e. The van der Waals surface area contributed by atoms with Gasteiger partial charge in [0.2, 0.25) is 0 Å². The molecule has 1 aliphatic heterocycles. The molecule has 2 fully saturated rings. The molecule has 0 amide bonds. The Bertz CT molecular complexity index is 505. The molecular formula is C16H32IN3O3S. The molecule has 0 bridgehead atoms. The van der Waals surface area contributed by atoms with Crippen LogP contribution in [0.15, 0.2) is 4.99 Å². The first-order chi connectivity index (χ1) is 10.9. The van der Waals surface area contributed by atoms with E-state index in [0.29, 0.717) is 18.6 Å². The van der Waals surface area contributed by atoms with Gasteiger partial charge >= 0.3 is 0 Å². The van der Waals surface area contributed by atoms with E-state index in [2.05, 4.69) is 22.1 Å². The molecule has 1 heterocycles. The zero-order chi connectivity index (χ0) is 16.8.